The molecule has 1 unspecified atom stereocenters. The number of halogens is 1. The quantitative estimate of drug-likeness (QED) is 0.682. The summed E-state index contributed by atoms with van der Waals surface area (Å²) in [4.78, 5) is 23.7. The van der Waals surface area contributed by atoms with Gasteiger partial charge in [0.2, 0.25) is 0 Å². The number of nitrogens with zero attached hydrogens (tertiary/aromatic N) is 2. The predicted octanol–water partition coefficient (Wildman–Crippen LogP) is 2.67. The van der Waals surface area contributed by atoms with Crippen molar-refractivity contribution in [2.75, 3.05) is 18.0 Å². The number of anilines is 1. The molecule has 0 spiro atoms. The van der Waals surface area contributed by atoms with E-state index >= 15 is 0 Å². The Hall–Kier alpha value is -2.18. The minimum atomic E-state index is -0.928. The molecule has 1 aliphatic rings. The maximum absolute atomic E-state index is 13.2. The van der Waals surface area contributed by atoms with Crippen LogP contribution < -0.4 is 4.90 Å². The second kappa shape index (κ2) is 5.31. The summed E-state index contributed by atoms with van der Waals surface area (Å²) in [5.41, 5.74) is -0.993. The zero-order valence-corrected chi connectivity index (χ0v) is 11.9. The standard InChI is InChI=1S/C14H17FN2O4/c1-9(2)14(13(18)19)5-6-16(8-14)11-4-3-10(15)7-12(11)17(20)21/h3-4,7,9H,5-6,8H2,1-2H3,(H,18,19). The summed E-state index contributed by atoms with van der Waals surface area (Å²) < 4.78 is 13.2. The van der Waals surface area contributed by atoms with Crippen LogP contribution >= 0.6 is 0 Å². The van der Waals surface area contributed by atoms with Gasteiger partial charge in [0.15, 0.2) is 0 Å². The van der Waals surface area contributed by atoms with Crippen LogP contribution in [0.4, 0.5) is 15.8 Å². The highest BCUT2D eigenvalue weighted by Crippen LogP contribution is 2.42. The molecular weight excluding hydrogens is 279 g/mol. The topological polar surface area (TPSA) is 83.7 Å². The first-order valence-electron chi connectivity index (χ1n) is 6.70. The number of hydrogen-bond acceptors (Lipinski definition) is 4. The molecule has 0 aromatic heterocycles. The average Bonchev–Trinajstić information content (AvgIpc) is 2.84. The fourth-order valence-electron chi connectivity index (χ4n) is 2.84. The molecule has 0 amide bonds. The normalized spacial score (nSPS) is 21.8. The van der Waals surface area contributed by atoms with Crippen molar-refractivity contribution in [3.05, 3.63) is 34.1 Å². The van der Waals surface area contributed by atoms with Gasteiger partial charge in [0.1, 0.15) is 11.5 Å². The van der Waals surface area contributed by atoms with Crippen LogP contribution in [0.25, 0.3) is 0 Å². The maximum Gasteiger partial charge on any atom is 0.311 e. The number of carboxylic acid groups (broad SMARTS) is 1. The fraction of sp³-hybridized carbons (Fsp3) is 0.500. The van der Waals surface area contributed by atoms with Crippen LogP contribution in [0.3, 0.4) is 0 Å². The first-order chi connectivity index (χ1) is 9.78. The highest BCUT2D eigenvalue weighted by Gasteiger charge is 2.48. The van der Waals surface area contributed by atoms with E-state index < -0.39 is 22.1 Å². The molecule has 1 aromatic rings. The minimum Gasteiger partial charge on any atom is -0.481 e. The Morgan fingerprint density at radius 2 is 2.19 bits per heavy atom. The minimum absolute atomic E-state index is 0.0977. The molecular formula is C14H17FN2O4. The molecule has 6 nitrogen and oxygen atoms in total. The van der Waals surface area contributed by atoms with E-state index in [9.17, 15) is 24.4 Å². The van der Waals surface area contributed by atoms with Gasteiger partial charge in [0.05, 0.1) is 16.4 Å². The van der Waals surface area contributed by atoms with Crippen molar-refractivity contribution >= 4 is 17.3 Å². The monoisotopic (exact) mass is 296 g/mol. The van der Waals surface area contributed by atoms with Crippen LogP contribution in [0, 0.1) is 27.3 Å². The number of carboxylic acids is 1. The Bertz CT molecular complexity index is 590. The van der Waals surface area contributed by atoms with Crippen molar-refractivity contribution in [2.24, 2.45) is 11.3 Å². The maximum atomic E-state index is 13.2. The van der Waals surface area contributed by atoms with Crippen LogP contribution in [0.5, 0.6) is 0 Å². The molecule has 2 rings (SSSR count). The molecule has 0 saturated carbocycles. The molecule has 1 N–H and O–H groups in total. The molecule has 1 saturated heterocycles. The highest BCUT2D eigenvalue weighted by atomic mass is 19.1. The summed E-state index contributed by atoms with van der Waals surface area (Å²) >= 11 is 0. The van der Waals surface area contributed by atoms with Gasteiger partial charge in [-0.2, -0.15) is 0 Å². The fourth-order valence-corrected chi connectivity index (χ4v) is 2.84. The van der Waals surface area contributed by atoms with Gasteiger partial charge in [0, 0.05) is 13.1 Å². The third kappa shape index (κ3) is 2.55. The molecule has 1 heterocycles. The van der Waals surface area contributed by atoms with Crippen molar-refractivity contribution in [1.29, 1.82) is 0 Å². The van der Waals surface area contributed by atoms with Gasteiger partial charge >= 0.3 is 5.97 Å². The molecule has 1 fully saturated rings. The van der Waals surface area contributed by atoms with Gasteiger partial charge in [-0.05, 0) is 24.5 Å². The molecule has 0 bridgehead atoms. The van der Waals surface area contributed by atoms with Crippen molar-refractivity contribution < 1.29 is 19.2 Å². The molecule has 1 atom stereocenters. The van der Waals surface area contributed by atoms with E-state index in [1.807, 2.05) is 13.8 Å². The average molecular weight is 296 g/mol. The lowest BCUT2D eigenvalue weighted by molar-refractivity contribution is -0.384. The first kappa shape index (κ1) is 15.2. The number of rotatable bonds is 4. The molecule has 0 radical (unpaired) electrons. The lowest BCUT2D eigenvalue weighted by Gasteiger charge is -2.29. The first-order valence-corrected chi connectivity index (χ1v) is 6.70. The molecule has 114 valence electrons. The van der Waals surface area contributed by atoms with Gasteiger partial charge < -0.3 is 10.0 Å². The van der Waals surface area contributed by atoms with Gasteiger partial charge in [-0.3, -0.25) is 14.9 Å². The third-order valence-electron chi connectivity index (χ3n) is 4.31. The summed E-state index contributed by atoms with van der Waals surface area (Å²) in [7, 11) is 0. The summed E-state index contributed by atoms with van der Waals surface area (Å²) in [6.07, 6.45) is 0.411. The van der Waals surface area contributed by atoms with Gasteiger partial charge in [-0.1, -0.05) is 13.8 Å². The summed E-state index contributed by atoms with van der Waals surface area (Å²) in [6.45, 7) is 4.25. The van der Waals surface area contributed by atoms with Crippen LogP contribution in [-0.2, 0) is 4.79 Å². The smallest absolute Gasteiger partial charge is 0.311 e. The van der Waals surface area contributed by atoms with E-state index in [0.717, 1.165) is 12.1 Å². The summed E-state index contributed by atoms with van der Waals surface area (Å²) in [6, 6.07) is 3.36. The zero-order chi connectivity index (χ0) is 15.8. The number of carbonyl (C=O) groups is 1. The van der Waals surface area contributed by atoms with E-state index in [-0.39, 0.29) is 23.8 Å². The molecule has 0 aliphatic carbocycles. The Kier molecular flexibility index (Phi) is 3.85. The number of nitro benzene ring substituents is 1. The zero-order valence-electron chi connectivity index (χ0n) is 11.9. The van der Waals surface area contributed by atoms with Crippen LogP contribution in [0.1, 0.15) is 20.3 Å². The van der Waals surface area contributed by atoms with E-state index in [1.165, 1.54) is 6.07 Å². The SMILES string of the molecule is CC(C)C1(C(=O)O)CCN(c2ccc(F)cc2[N+](=O)[O-])C1. The number of benzene rings is 1. The van der Waals surface area contributed by atoms with Crippen molar-refractivity contribution in [1.82, 2.24) is 0 Å². The van der Waals surface area contributed by atoms with Crippen LogP contribution in [0.2, 0.25) is 0 Å². The molecule has 1 aliphatic heterocycles. The second-order valence-electron chi connectivity index (χ2n) is 5.68. The van der Waals surface area contributed by atoms with E-state index in [2.05, 4.69) is 0 Å². The number of hydrogen-bond donors (Lipinski definition) is 1. The summed E-state index contributed by atoms with van der Waals surface area (Å²) in [5.74, 6) is -1.68. The van der Waals surface area contributed by atoms with E-state index in [0.29, 0.717) is 13.0 Å². The van der Waals surface area contributed by atoms with Crippen molar-refractivity contribution in [3.63, 3.8) is 0 Å². The molecule has 21 heavy (non-hydrogen) atoms. The largest absolute Gasteiger partial charge is 0.481 e. The Balaban J connectivity index is 2.38. The van der Waals surface area contributed by atoms with Gasteiger partial charge in [0.25, 0.3) is 5.69 Å². The van der Waals surface area contributed by atoms with E-state index in [4.69, 9.17) is 0 Å². The number of nitro groups is 1. The van der Waals surface area contributed by atoms with E-state index in [1.54, 1.807) is 4.90 Å². The number of aliphatic carboxylic acids is 1. The Morgan fingerprint density at radius 1 is 1.52 bits per heavy atom. The van der Waals surface area contributed by atoms with Gasteiger partial charge in [-0.15, -0.1) is 0 Å². The Morgan fingerprint density at radius 3 is 2.67 bits per heavy atom. The second-order valence-corrected chi connectivity index (χ2v) is 5.68. The van der Waals surface area contributed by atoms with Crippen LogP contribution in [-0.4, -0.2) is 29.1 Å². The highest BCUT2D eigenvalue weighted by molar-refractivity contribution is 5.78. The lowest BCUT2D eigenvalue weighted by Crippen LogP contribution is -2.39. The predicted molar refractivity (Wildman–Crippen MR) is 74.8 cm³/mol. The summed E-state index contributed by atoms with van der Waals surface area (Å²) in [5, 5.41) is 20.6. The third-order valence-corrected chi connectivity index (χ3v) is 4.31. The van der Waals surface area contributed by atoms with Crippen LogP contribution in [0.15, 0.2) is 18.2 Å². The lowest BCUT2D eigenvalue weighted by atomic mass is 9.76. The van der Waals surface area contributed by atoms with Gasteiger partial charge in [-0.25, -0.2) is 4.39 Å². The Labute approximate surface area is 121 Å². The molecule has 1 aromatic carbocycles. The van der Waals surface area contributed by atoms with Crippen molar-refractivity contribution in [3.8, 4) is 0 Å². The molecule has 7 heteroatoms. The van der Waals surface area contributed by atoms with Crippen molar-refractivity contribution in [2.45, 2.75) is 20.3 Å².